The van der Waals surface area contributed by atoms with E-state index in [-0.39, 0.29) is 6.04 Å². The summed E-state index contributed by atoms with van der Waals surface area (Å²) in [5.41, 5.74) is -0.190. The lowest BCUT2D eigenvalue weighted by molar-refractivity contribution is -0.0447. The van der Waals surface area contributed by atoms with Crippen LogP contribution in [0.3, 0.4) is 0 Å². The van der Waals surface area contributed by atoms with E-state index in [4.69, 9.17) is 4.74 Å². The van der Waals surface area contributed by atoms with Crippen LogP contribution >= 0.6 is 0 Å². The minimum Gasteiger partial charge on any atom is -0.382 e. The molecule has 1 aromatic rings. The molecule has 1 atom stereocenters. The molecule has 0 saturated carbocycles. The lowest BCUT2D eigenvalue weighted by Crippen LogP contribution is -2.47. The van der Waals surface area contributed by atoms with Gasteiger partial charge in [-0.1, -0.05) is 5.21 Å². The molecule has 0 amide bonds. The lowest BCUT2D eigenvalue weighted by Gasteiger charge is -2.37. The Bertz CT molecular complexity index is 421. The van der Waals surface area contributed by atoms with Gasteiger partial charge in [-0.15, -0.1) is 5.10 Å². The zero-order valence-corrected chi connectivity index (χ0v) is 12.7. The monoisotopic (exact) mass is 282 g/mol. The number of ether oxygens (including phenoxy) is 1. The molecule has 0 bridgehead atoms. The number of hydrogen-bond acceptors (Lipinski definition) is 5. The molecule has 1 unspecified atom stereocenters. The molecule has 6 heteroatoms. The van der Waals surface area contributed by atoms with Crippen molar-refractivity contribution < 1.29 is 9.84 Å². The molecular formula is C14H26N4O2. The van der Waals surface area contributed by atoms with Gasteiger partial charge in [-0.2, -0.15) is 0 Å². The molecule has 0 radical (unpaired) electrons. The Morgan fingerprint density at radius 2 is 2.30 bits per heavy atom. The van der Waals surface area contributed by atoms with E-state index < -0.39 is 5.60 Å². The van der Waals surface area contributed by atoms with Crippen molar-refractivity contribution in [2.45, 2.75) is 45.3 Å². The Balaban J connectivity index is 2.00. The molecule has 114 valence electrons. The fraction of sp³-hybridized carbons (Fsp3) is 0.857. The SMILES string of the molecule is CCOCCN1CCCC(O)(c2cn(C(C)C)nn2)C1. The third kappa shape index (κ3) is 3.56. The summed E-state index contributed by atoms with van der Waals surface area (Å²) in [7, 11) is 0. The molecule has 20 heavy (non-hydrogen) atoms. The number of likely N-dealkylation sites (tertiary alicyclic amines) is 1. The van der Waals surface area contributed by atoms with Crippen molar-refractivity contribution >= 4 is 0 Å². The van der Waals surface area contributed by atoms with Crippen molar-refractivity contribution in [2.24, 2.45) is 0 Å². The van der Waals surface area contributed by atoms with Crippen LogP contribution in [0.4, 0.5) is 0 Å². The molecule has 1 aliphatic heterocycles. The van der Waals surface area contributed by atoms with Crippen molar-refractivity contribution in [2.75, 3.05) is 32.8 Å². The van der Waals surface area contributed by atoms with Gasteiger partial charge in [0.15, 0.2) is 0 Å². The fourth-order valence-electron chi connectivity index (χ4n) is 2.60. The first-order chi connectivity index (χ1) is 9.55. The van der Waals surface area contributed by atoms with Crippen molar-refractivity contribution in [1.29, 1.82) is 0 Å². The number of rotatable bonds is 6. The predicted octanol–water partition coefficient (Wildman–Crippen LogP) is 1.18. The Kier molecular flexibility index (Phi) is 5.12. The van der Waals surface area contributed by atoms with E-state index in [0.717, 1.165) is 32.5 Å². The van der Waals surface area contributed by atoms with Gasteiger partial charge >= 0.3 is 0 Å². The first-order valence-electron chi connectivity index (χ1n) is 7.50. The Hall–Kier alpha value is -0.980. The second-order valence-electron chi connectivity index (χ2n) is 5.79. The summed E-state index contributed by atoms with van der Waals surface area (Å²) in [6.45, 7) is 10.0. The maximum Gasteiger partial charge on any atom is 0.123 e. The summed E-state index contributed by atoms with van der Waals surface area (Å²) in [6.07, 6.45) is 3.59. The average molecular weight is 282 g/mol. The molecule has 0 aliphatic carbocycles. The van der Waals surface area contributed by atoms with Crippen LogP contribution in [0.2, 0.25) is 0 Å². The average Bonchev–Trinajstić information content (AvgIpc) is 2.90. The van der Waals surface area contributed by atoms with E-state index in [1.165, 1.54) is 0 Å². The third-order valence-electron chi connectivity index (χ3n) is 3.82. The van der Waals surface area contributed by atoms with E-state index in [0.29, 0.717) is 18.8 Å². The van der Waals surface area contributed by atoms with Gasteiger partial charge in [-0.3, -0.25) is 4.90 Å². The summed E-state index contributed by atoms with van der Waals surface area (Å²) in [6, 6.07) is 0.262. The lowest BCUT2D eigenvalue weighted by atomic mass is 9.90. The molecule has 1 aliphatic rings. The van der Waals surface area contributed by atoms with Crippen LogP contribution in [0.25, 0.3) is 0 Å². The van der Waals surface area contributed by atoms with Crippen molar-refractivity contribution in [3.8, 4) is 0 Å². The van der Waals surface area contributed by atoms with Crippen LogP contribution in [-0.2, 0) is 10.3 Å². The van der Waals surface area contributed by atoms with Gasteiger partial charge in [0.05, 0.1) is 12.8 Å². The first-order valence-corrected chi connectivity index (χ1v) is 7.50. The van der Waals surface area contributed by atoms with Gasteiger partial charge in [0.1, 0.15) is 11.3 Å². The largest absolute Gasteiger partial charge is 0.382 e. The molecule has 2 heterocycles. The molecule has 2 rings (SSSR count). The zero-order chi connectivity index (χ0) is 14.6. The normalized spacial score (nSPS) is 24.4. The molecule has 1 N–H and O–H groups in total. The standard InChI is InChI=1S/C14H26N4O2/c1-4-20-9-8-17-7-5-6-14(19,11-17)13-10-18(12(2)3)16-15-13/h10,12,19H,4-9,11H2,1-3H3. The van der Waals surface area contributed by atoms with Crippen LogP contribution in [-0.4, -0.2) is 57.8 Å². The number of piperidine rings is 1. The maximum absolute atomic E-state index is 10.9. The van der Waals surface area contributed by atoms with Gasteiger partial charge in [0, 0.05) is 25.7 Å². The van der Waals surface area contributed by atoms with E-state index in [1.54, 1.807) is 4.68 Å². The van der Waals surface area contributed by atoms with Crippen LogP contribution in [0.5, 0.6) is 0 Å². The summed E-state index contributed by atoms with van der Waals surface area (Å²) in [4.78, 5) is 2.24. The minimum absolute atomic E-state index is 0.262. The second kappa shape index (κ2) is 6.65. The highest BCUT2D eigenvalue weighted by atomic mass is 16.5. The molecule has 0 aromatic carbocycles. The number of aromatic nitrogens is 3. The van der Waals surface area contributed by atoms with Crippen LogP contribution in [0.1, 0.15) is 45.3 Å². The number of hydrogen-bond donors (Lipinski definition) is 1. The molecule has 1 aromatic heterocycles. The number of β-amino-alcohol motifs (C(OH)–C–C–N with tert-alkyl or cyclic N) is 1. The highest BCUT2D eigenvalue weighted by Gasteiger charge is 2.37. The van der Waals surface area contributed by atoms with E-state index in [1.807, 2.05) is 13.1 Å². The summed E-state index contributed by atoms with van der Waals surface area (Å²) in [5, 5.41) is 19.1. The predicted molar refractivity (Wildman–Crippen MR) is 76.5 cm³/mol. The Labute approximate surface area is 120 Å². The summed E-state index contributed by atoms with van der Waals surface area (Å²) < 4.78 is 7.19. The van der Waals surface area contributed by atoms with E-state index in [2.05, 4.69) is 29.1 Å². The first kappa shape index (κ1) is 15.4. The van der Waals surface area contributed by atoms with Gasteiger partial charge in [0.2, 0.25) is 0 Å². The number of nitrogens with zero attached hydrogens (tertiary/aromatic N) is 4. The van der Waals surface area contributed by atoms with Gasteiger partial charge in [-0.05, 0) is 40.2 Å². The molecule has 1 saturated heterocycles. The molecule has 1 fully saturated rings. The zero-order valence-electron chi connectivity index (χ0n) is 12.7. The topological polar surface area (TPSA) is 63.4 Å². The fourth-order valence-corrected chi connectivity index (χ4v) is 2.60. The number of aliphatic hydroxyl groups is 1. The highest BCUT2D eigenvalue weighted by molar-refractivity contribution is 5.09. The van der Waals surface area contributed by atoms with Gasteiger partial charge < -0.3 is 9.84 Å². The van der Waals surface area contributed by atoms with E-state index >= 15 is 0 Å². The van der Waals surface area contributed by atoms with Crippen molar-refractivity contribution in [3.05, 3.63) is 11.9 Å². The van der Waals surface area contributed by atoms with Crippen LogP contribution < -0.4 is 0 Å². The minimum atomic E-state index is -0.877. The summed E-state index contributed by atoms with van der Waals surface area (Å²) >= 11 is 0. The van der Waals surface area contributed by atoms with Crippen LogP contribution in [0.15, 0.2) is 6.20 Å². The molecule has 0 spiro atoms. The highest BCUT2D eigenvalue weighted by Crippen LogP contribution is 2.30. The Morgan fingerprint density at radius 3 is 2.95 bits per heavy atom. The molecular weight excluding hydrogens is 256 g/mol. The quantitative estimate of drug-likeness (QED) is 0.794. The van der Waals surface area contributed by atoms with Crippen molar-refractivity contribution in [3.63, 3.8) is 0 Å². The van der Waals surface area contributed by atoms with E-state index in [9.17, 15) is 5.11 Å². The smallest absolute Gasteiger partial charge is 0.123 e. The maximum atomic E-state index is 10.9. The molecule has 6 nitrogen and oxygen atoms in total. The van der Waals surface area contributed by atoms with Crippen molar-refractivity contribution in [1.82, 2.24) is 19.9 Å². The third-order valence-corrected chi connectivity index (χ3v) is 3.82. The van der Waals surface area contributed by atoms with Gasteiger partial charge in [0.25, 0.3) is 0 Å². The summed E-state index contributed by atoms with van der Waals surface area (Å²) in [5.74, 6) is 0. The Morgan fingerprint density at radius 1 is 1.50 bits per heavy atom. The van der Waals surface area contributed by atoms with Gasteiger partial charge in [-0.25, -0.2) is 4.68 Å². The second-order valence-corrected chi connectivity index (χ2v) is 5.79. The van der Waals surface area contributed by atoms with Crippen LogP contribution in [0, 0.1) is 0 Å².